The molecule has 0 bridgehead atoms. The highest BCUT2D eigenvalue weighted by Gasteiger charge is 2.17. The molecule has 0 aromatic carbocycles. The van der Waals surface area contributed by atoms with Gasteiger partial charge in [0.05, 0.1) is 6.54 Å². The first-order valence-corrected chi connectivity index (χ1v) is 5.83. The Hall–Kier alpha value is -0.520. The van der Waals surface area contributed by atoms with Crippen LogP contribution in [0.3, 0.4) is 0 Å². The van der Waals surface area contributed by atoms with E-state index >= 15 is 0 Å². The van der Waals surface area contributed by atoms with E-state index in [1.165, 1.54) is 6.42 Å². The Morgan fingerprint density at radius 2 is 2.07 bits per heavy atom. The van der Waals surface area contributed by atoms with Crippen LogP contribution in [0.5, 0.6) is 0 Å². The second-order valence-corrected chi connectivity index (χ2v) is 4.09. The molecule has 0 atom stereocenters. The highest BCUT2D eigenvalue weighted by molar-refractivity contribution is 6.18. The molecule has 1 fully saturated rings. The third-order valence-electron chi connectivity index (χ3n) is 2.60. The van der Waals surface area contributed by atoms with E-state index in [0.717, 1.165) is 30.7 Å². The standard InChI is InChI=1S/C9H17ClN3O2/c10-6-7-13(12-15)9(14)11-8-4-2-1-3-5-8/h8,12H,1-7H2,(H,11,14)/q-1. The predicted molar refractivity (Wildman–Crippen MR) is 59.3 cm³/mol. The summed E-state index contributed by atoms with van der Waals surface area (Å²) in [5.41, 5.74) is 1.58. The summed E-state index contributed by atoms with van der Waals surface area (Å²) in [6.07, 6.45) is 5.52. The van der Waals surface area contributed by atoms with Crippen molar-refractivity contribution in [2.45, 2.75) is 38.1 Å². The molecule has 1 saturated carbocycles. The van der Waals surface area contributed by atoms with Gasteiger partial charge in [0.15, 0.2) is 0 Å². The van der Waals surface area contributed by atoms with Gasteiger partial charge in [-0.25, -0.2) is 4.79 Å². The van der Waals surface area contributed by atoms with Gasteiger partial charge in [0, 0.05) is 11.9 Å². The summed E-state index contributed by atoms with van der Waals surface area (Å²) >= 11 is 5.46. The van der Waals surface area contributed by atoms with E-state index in [9.17, 15) is 10.0 Å². The number of halogens is 1. The molecule has 1 aliphatic rings. The number of nitrogens with one attached hydrogen (secondary N) is 2. The number of rotatable bonds is 4. The smallest absolute Gasteiger partial charge is 0.331 e. The Kier molecular flexibility index (Phi) is 5.75. The monoisotopic (exact) mass is 234 g/mol. The molecule has 1 rings (SSSR count). The van der Waals surface area contributed by atoms with Crippen molar-refractivity contribution >= 4 is 17.6 Å². The van der Waals surface area contributed by atoms with Gasteiger partial charge in [-0.2, -0.15) is 0 Å². The SMILES string of the molecule is O=C(NC1CCCCC1)N(CCCl)N[O-]. The van der Waals surface area contributed by atoms with Gasteiger partial charge < -0.3 is 16.1 Å². The number of nitrogens with zero attached hydrogens (tertiary/aromatic N) is 1. The highest BCUT2D eigenvalue weighted by Crippen LogP contribution is 2.17. The summed E-state index contributed by atoms with van der Waals surface area (Å²) in [4.78, 5) is 11.5. The molecule has 5 nitrogen and oxygen atoms in total. The van der Waals surface area contributed by atoms with E-state index in [-0.39, 0.29) is 24.5 Å². The summed E-state index contributed by atoms with van der Waals surface area (Å²) in [5, 5.41) is 14.2. The first-order valence-electron chi connectivity index (χ1n) is 5.29. The first-order chi connectivity index (χ1) is 7.27. The third kappa shape index (κ3) is 4.24. The number of alkyl halides is 1. The average molecular weight is 235 g/mol. The van der Waals surface area contributed by atoms with Crippen LogP contribution >= 0.6 is 11.6 Å². The fraction of sp³-hybridized carbons (Fsp3) is 0.889. The fourth-order valence-electron chi connectivity index (χ4n) is 1.77. The van der Waals surface area contributed by atoms with E-state index in [0.29, 0.717) is 0 Å². The number of hydrogen-bond donors (Lipinski definition) is 2. The van der Waals surface area contributed by atoms with Crippen LogP contribution in [0.2, 0.25) is 0 Å². The lowest BCUT2D eigenvalue weighted by molar-refractivity contribution is 0.179. The van der Waals surface area contributed by atoms with Gasteiger partial charge in [-0.3, -0.25) is 5.01 Å². The van der Waals surface area contributed by atoms with Crippen molar-refractivity contribution in [1.29, 1.82) is 0 Å². The van der Waals surface area contributed by atoms with Crippen LogP contribution in [0.1, 0.15) is 32.1 Å². The Morgan fingerprint density at radius 3 is 2.60 bits per heavy atom. The number of amides is 2. The number of carbonyl (C=O) groups is 1. The van der Waals surface area contributed by atoms with Crippen LogP contribution in [0.15, 0.2) is 0 Å². The number of hydrazine groups is 1. The lowest BCUT2D eigenvalue weighted by Gasteiger charge is -2.30. The molecule has 0 heterocycles. The zero-order valence-corrected chi connectivity index (χ0v) is 9.42. The van der Waals surface area contributed by atoms with Gasteiger partial charge in [0.25, 0.3) is 0 Å². The summed E-state index contributed by atoms with van der Waals surface area (Å²) < 4.78 is 0. The van der Waals surface area contributed by atoms with Crippen LogP contribution in [0.25, 0.3) is 0 Å². The fourth-order valence-corrected chi connectivity index (χ4v) is 1.94. The molecule has 0 aromatic rings. The van der Waals surface area contributed by atoms with E-state index < -0.39 is 0 Å². The van der Waals surface area contributed by atoms with Crippen molar-refractivity contribution in [3.05, 3.63) is 5.21 Å². The lowest BCUT2D eigenvalue weighted by Crippen LogP contribution is -2.50. The van der Waals surface area contributed by atoms with Crippen molar-refractivity contribution in [2.75, 3.05) is 12.4 Å². The quantitative estimate of drug-likeness (QED) is 0.573. The molecule has 88 valence electrons. The van der Waals surface area contributed by atoms with Gasteiger partial charge in [0.1, 0.15) is 0 Å². The molecule has 15 heavy (non-hydrogen) atoms. The average Bonchev–Trinajstić information content (AvgIpc) is 2.27. The summed E-state index contributed by atoms with van der Waals surface area (Å²) in [5.74, 6) is 0.243. The van der Waals surface area contributed by atoms with Gasteiger partial charge in [-0.15, -0.1) is 11.6 Å². The number of urea groups is 1. The molecule has 0 saturated heterocycles. The van der Waals surface area contributed by atoms with E-state index in [2.05, 4.69) is 5.32 Å². The Bertz CT molecular complexity index is 198. The minimum absolute atomic E-state index is 0.206. The summed E-state index contributed by atoms with van der Waals surface area (Å²) in [7, 11) is 0. The second-order valence-electron chi connectivity index (χ2n) is 3.72. The van der Waals surface area contributed by atoms with Gasteiger partial charge in [-0.05, 0) is 12.8 Å². The Morgan fingerprint density at radius 1 is 1.40 bits per heavy atom. The molecule has 0 radical (unpaired) electrons. The molecule has 6 heteroatoms. The zero-order chi connectivity index (χ0) is 11.1. The molecule has 0 aliphatic heterocycles. The van der Waals surface area contributed by atoms with Crippen molar-refractivity contribution < 1.29 is 4.79 Å². The number of carbonyl (C=O) groups excluding carboxylic acids is 1. The minimum Gasteiger partial charge on any atom is -0.770 e. The molecule has 1 aliphatic carbocycles. The van der Waals surface area contributed by atoms with Crippen molar-refractivity contribution in [2.24, 2.45) is 0 Å². The summed E-state index contributed by atoms with van der Waals surface area (Å²) in [6, 6.07) is -0.171. The number of hydrogen-bond acceptors (Lipinski definition) is 3. The molecular weight excluding hydrogens is 218 g/mol. The topological polar surface area (TPSA) is 67.4 Å². The third-order valence-corrected chi connectivity index (χ3v) is 2.77. The summed E-state index contributed by atoms with van der Waals surface area (Å²) in [6.45, 7) is 0.212. The van der Waals surface area contributed by atoms with Crippen molar-refractivity contribution in [3.8, 4) is 0 Å². The van der Waals surface area contributed by atoms with E-state index in [4.69, 9.17) is 11.6 Å². The van der Waals surface area contributed by atoms with E-state index in [1.807, 2.05) is 0 Å². The van der Waals surface area contributed by atoms with Crippen LogP contribution in [0.4, 0.5) is 4.79 Å². The maximum atomic E-state index is 11.5. The van der Waals surface area contributed by atoms with Crippen LogP contribution < -0.4 is 10.9 Å². The van der Waals surface area contributed by atoms with Gasteiger partial charge in [0.2, 0.25) is 0 Å². The maximum absolute atomic E-state index is 11.5. The highest BCUT2D eigenvalue weighted by atomic mass is 35.5. The lowest BCUT2D eigenvalue weighted by atomic mass is 9.96. The molecule has 0 spiro atoms. The predicted octanol–water partition coefficient (Wildman–Crippen LogP) is 1.57. The van der Waals surface area contributed by atoms with Crippen LogP contribution in [-0.2, 0) is 0 Å². The largest absolute Gasteiger partial charge is 0.770 e. The van der Waals surface area contributed by atoms with Gasteiger partial charge in [-0.1, -0.05) is 19.3 Å². The molecule has 2 N–H and O–H groups in total. The normalized spacial score (nSPS) is 17.5. The Balaban J connectivity index is 2.31. The molecule has 2 amide bonds. The second kappa shape index (κ2) is 6.87. The molecular formula is C9H17ClN3O2-. The van der Waals surface area contributed by atoms with Crippen molar-refractivity contribution in [3.63, 3.8) is 0 Å². The molecule has 0 aromatic heterocycles. The molecule has 0 unspecified atom stereocenters. The first kappa shape index (κ1) is 12.5. The Labute approximate surface area is 94.7 Å². The van der Waals surface area contributed by atoms with E-state index in [1.54, 1.807) is 5.59 Å². The van der Waals surface area contributed by atoms with Crippen molar-refractivity contribution in [1.82, 2.24) is 15.9 Å². The minimum atomic E-state index is -0.377. The van der Waals surface area contributed by atoms with Crippen LogP contribution in [0, 0.1) is 5.21 Å². The van der Waals surface area contributed by atoms with Crippen LogP contribution in [-0.4, -0.2) is 29.5 Å². The zero-order valence-electron chi connectivity index (χ0n) is 8.67. The maximum Gasteiger partial charge on any atom is 0.331 e. The van der Waals surface area contributed by atoms with Gasteiger partial charge >= 0.3 is 6.03 Å².